The third-order valence-electron chi connectivity index (χ3n) is 3.64. The lowest BCUT2D eigenvalue weighted by Gasteiger charge is -2.24. The number of carbonyl (C=O) groups is 1. The minimum Gasteiger partial charge on any atom is -0.480 e. The minimum absolute atomic E-state index is 0.0525. The zero-order valence-corrected chi connectivity index (χ0v) is 13.6. The fraction of sp³-hybridized carbons (Fsp3) is 0.412. The number of nitrogens with zero attached hydrogens (tertiary/aromatic N) is 3. The van der Waals surface area contributed by atoms with Crippen molar-refractivity contribution in [2.45, 2.75) is 40.3 Å². The summed E-state index contributed by atoms with van der Waals surface area (Å²) < 4.78 is 1.91. The first-order valence-corrected chi connectivity index (χ1v) is 7.45. The summed E-state index contributed by atoms with van der Waals surface area (Å²) in [5.74, 6) is -0.798. The van der Waals surface area contributed by atoms with Gasteiger partial charge in [0.2, 0.25) is 0 Å². The van der Waals surface area contributed by atoms with Crippen LogP contribution in [0.3, 0.4) is 0 Å². The lowest BCUT2D eigenvalue weighted by molar-refractivity contribution is -0.138. The van der Waals surface area contributed by atoms with Crippen molar-refractivity contribution in [1.29, 1.82) is 0 Å². The average molecular weight is 301 g/mol. The van der Waals surface area contributed by atoms with Gasteiger partial charge in [-0.25, -0.2) is 4.68 Å². The van der Waals surface area contributed by atoms with Gasteiger partial charge in [-0.2, -0.15) is 5.10 Å². The molecule has 0 spiro atoms. The van der Waals surface area contributed by atoms with Gasteiger partial charge in [-0.3, -0.25) is 9.69 Å². The number of aromatic nitrogens is 2. The normalized spacial score (nSPS) is 11.4. The summed E-state index contributed by atoms with van der Waals surface area (Å²) in [5.41, 5.74) is 4.21. The number of rotatable bonds is 6. The number of aryl methyl sites for hydroxylation is 2. The molecular formula is C17H23N3O2. The number of hydrogen-bond acceptors (Lipinski definition) is 3. The fourth-order valence-electron chi connectivity index (χ4n) is 2.46. The quantitative estimate of drug-likeness (QED) is 0.891. The lowest BCUT2D eigenvalue weighted by atomic mass is 10.1. The maximum atomic E-state index is 10.9. The fourth-order valence-corrected chi connectivity index (χ4v) is 2.46. The smallest absolute Gasteiger partial charge is 0.317 e. The molecule has 1 heterocycles. The standard InChI is InChI=1S/C17H23N3O2/c1-12(2)19(11-17(21)22)10-15-5-7-16(8-6-15)20-14(4)9-13(3)18-20/h5-9,12H,10-11H2,1-4H3,(H,21,22). The number of carboxylic acid groups (broad SMARTS) is 1. The maximum Gasteiger partial charge on any atom is 0.317 e. The zero-order valence-electron chi connectivity index (χ0n) is 13.6. The van der Waals surface area contributed by atoms with Crippen LogP contribution < -0.4 is 0 Å². The molecule has 1 aromatic heterocycles. The van der Waals surface area contributed by atoms with Crippen LogP contribution >= 0.6 is 0 Å². The van der Waals surface area contributed by atoms with E-state index in [1.807, 2.05) is 67.6 Å². The molecule has 0 unspecified atom stereocenters. The Morgan fingerprint density at radius 2 is 1.91 bits per heavy atom. The van der Waals surface area contributed by atoms with E-state index in [9.17, 15) is 4.79 Å². The third kappa shape index (κ3) is 3.95. The second-order valence-corrected chi connectivity index (χ2v) is 5.90. The second-order valence-electron chi connectivity index (χ2n) is 5.90. The van der Waals surface area contributed by atoms with Gasteiger partial charge in [0, 0.05) is 18.3 Å². The van der Waals surface area contributed by atoms with Crippen LogP contribution in [0.5, 0.6) is 0 Å². The first kappa shape index (κ1) is 16.2. The van der Waals surface area contributed by atoms with Gasteiger partial charge < -0.3 is 5.11 Å². The molecule has 0 fully saturated rings. The molecule has 0 amide bonds. The number of benzene rings is 1. The third-order valence-corrected chi connectivity index (χ3v) is 3.64. The molecule has 1 N–H and O–H groups in total. The Bertz CT molecular complexity index is 644. The predicted octanol–water partition coefficient (Wildman–Crippen LogP) is 2.78. The number of hydrogen-bond donors (Lipinski definition) is 1. The highest BCUT2D eigenvalue weighted by atomic mass is 16.4. The van der Waals surface area contributed by atoms with Gasteiger partial charge in [-0.15, -0.1) is 0 Å². The summed E-state index contributed by atoms with van der Waals surface area (Å²) in [6.45, 7) is 8.70. The predicted molar refractivity (Wildman–Crippen MR) is 86.2 cm³/mol. The molecule has 118 valence electrons. The summed E-state index contributed by atoms with van der Waals surface area (Å²) >= 11 is 0. The first-order valence-electron chi connectivity index (χ1n) is 7.45. The number of aliphatic carboxylic acids is 1. The second kappa shape index (κ2) is 6.75. The highest BCUT2D eigenvalue weighted by Gasteiger charge is 2.14. The van der Waals surface area contributed by atoms with Crippen LogP contribution in [0.2, 0.25) is 0 Å². The van der Waals surface area contributed by atoms with Crippen LogP contribution in [0.25, 0.3) is 5.69 Å². The Kier molecular flexibility index (Phi) is 4.98. The molecular weight excluding hydrogens is 278 g/mol. The van der Waals surface area contributed by atoms with Gasteiger partial charge in [-0.05, 0) is 51.5 Å². The average Bonchev–Trinajstić information content (AvgIpc) is 2.77. The lowest BCUT2D eigenvalue weighted by Crippen LogP contribution is -2.35. The maximum absolute atomic E-state index is 10.9. The molecule has 0 saturated heterocycles. The van der Waals surface area contributed by atoms with Gasteiger partial charge in [0.1, 0.15) is 0 Å². The van der Waals surface area contributed by atoms with Gasteiger partial charge >= 0.3 is 5.97 Å². The van der Waals surface area contributed by atoms with Crippen molar-refractivity contribution in [3.05, 3.63) is 47.3 Å². The molecule has 0 saturated carbocycles. The van der Waals surface area contributed by atoms with Gasteiger partial charge in [0.15, 0.2) is 0 Å². The molecule has 5 heteroatoms. The van der Waals surface area contributed by atoms with E-state index in [0.717, 1.165) is 22.6 Å². The molecule has 5 nitrogen and oxygen atoms in total. The highest BCUT2D eigenvalue weighted by molar-refractivity contribution is 5.69. The Labute approximate surface area is 131 Å². The van der Waals surface area contributed by atoms with E-state index in [1.54, 1.807) is 0 Å². The van der Waals surface area contributed by atoms with Crippen molar-refractivity contribution in [1.82, 2.24) is 14.7 Å². The number of carboxylic acids is 1. The van der Waals surface area contributed by atoms with Crippen LogP contribution in [-0.2, 0) is 11.3 Å². The molecule has 0 aliphatic rings. The monoisotopic (exact) mass is 301 g/mol. The SMILES string of the molecule is Cc1cc(C)n(-c2ccc(CN(CC(=O)O)C(C)C)cc2)n1. The molecule has 2 rings (SSSR count). The summed E-state index contributed by atoms with van der Waals surface area (Å²) in [4.78, 5) is 12.9. The van der Waals surface area contributed by atoms with E-state index < -0.39 is 5.97 Å². The Morgan fingerprint density at radius 3 is 2.36 bits per heavy atom. The van der Waals surface area contributed by atoms with E-state index in [2.05, 4.69) is 5.10 Å². The van der Waals surface area contributed by atoms with Gasteiger partial charge in [0.05, 0.1) is 17.9 Å². The van der Waals surface area contributed by atoms with Gasteiger partial charge in [-0.1, -0.05) is 12.1 Å². The Balaban J connectivity index is 2.14. The van der Waals surface area contributed by atoms with Crippen molar-refractivity contribution >= 4 is 5.97 Å². The molecule has 22 heavy (non-hydrogen) atoms. The minimum atomic E-state index is -0.798. The van der Waals surface area contributed by atoms with E-state index in [0.29, 0.717) is 6.54 Å². The highest BCUT2D eigenvalue weighted by Crippen LogP contribution is 2.15. The van der Waals surface area contributed by atoms with Crippen molar-refractivity contribution in [2.24, 2.45) is 0 Å². The summed E-state index contributed by atoms with van der Waals surface area (Å²) in [6, 6.07) is 10.3. The van der Waals surface area contributed by atoms with Crippen molar-refractivity contribution in [2.75, 3.05) is 6.54 Å². The summed E-state index contributed by atoms with van der Waals surface area (Å²) in [5, 5.41) is 13.5. The van der Waals surface area contributed by atoms with E-state index >= 15 is 0 Å². The van der Waals surface area contributed by atoms with Crippen molar-refractivity contribution in [3.63, 3.8) is 0 Å². The van der Waals surface area contributed by atoms with E-state index in [4.69, 9.17) is 5.11 Å². The van der Waals surface area contributed by atoms with Crippen LogP contribution in [0.1, 0.15) is 30.8 Å². The molecule has 1 aromatic carbocycles. The topological polar surface area (TPSA) is 58.4 Å². The van der Waals surface area contributed by atoms with Crippen molar-refractivity contribution in [3.8, 4) is 5.69 Å². The van der Waals surface area contributed by atoms with Crippen molar-refractivity contribution < 1.29 is 9.90 Å². The van der Waals surface area contributed by atoms with Gasteiger partial charge in [0.25, 0.3) is 0 Å². The Hall–Kier alpha value is -2.14. The molecule has 0 bridgehead atoms. The van der Waals surface area contributed by atoms with E-state index in [-0.39, 0.29) is 12.6 Å². The van der Waals surface area contributed by atoms with Crippen LogP contribution in [0, 0.1) is 13.8 Å². The van der Waals surface area contributed by atoms with Crippen LogP contribution in [0.15, 0.2) is 30.3 Å². The first-order chi connectivity index (χ1) is 10.4. The van der Waals surface area contributed by atoms with Crippen LogP contribution in [-0.4, -0.2) is 38.3 Å². The molecule has 2 aromatic rings. The Morgan fingerprint density at radius 1 is 1.27 bits per heavy atom. The zero-order chi connectivity index (χ0) is 16.3. The molecule has 0 radical (unpaired) electrons. The molecule has 0 aliphatic carbocycles. The van der Waals surface area contributed by atoms with E-state index in [1.165, 1.54) is 0 Å². The molecule has 0 aliphatic heterocycles. The summed E-state index contributed by atoms with van der Waals surface area (Å²) in [7, 11) is 0. The van der Waals surface area contributed by atoms with Crippen LogP contribution in [0.4, 0.5) is 0 Å². The summed E-state index contributed by atoms with van der Waals surface area (Å²) in [6.07, 6.45) is 0. The molecule has 0 atom stereocenters. The largest absolute Gasteiger partial charge is 0.480 e.